The second-order valence-electron chi connectivity index (χ2n) is 18.9. The predicted octanol–water partition coefficient (Wildman–Crippen LogP) is 17.1. The lowest BCUT2D eigenvalue weighted by Crippen LogP contribution is -2.19. The molecule has 60 heavy (non-hydrogen) atoms. The molecular weight excluding hydrogens is 737 g/mol. The molecule has 4 nitrogen and oxygen atoms in total. The Morgan fingerprint density at radius 1 is 0.600 bits per heavy atom. The molecule has 0 aromatic carbocycles. The van der Waals surface area contributed by atoms with Crippen LogP contribution in [0.4, 0.5) is 0 Å². The number of aliphatic carboxylic acids is 1. The van der Waals surface area contributed by atoms with E-state index >= 15 is 0 Å². The van der Waals surface area contributed by atoms with Gasteiger partial charge in [-0.2, -0.15) is 0 Å². The molecule has 2 rings (SSSR count). The van der Waals surface area contributed by atoms with Crippen molar-refractivity contribution in [3.63, 3.8) is 0 Å². The summed E-state index contributed by atoms with van der Waals surface area (Å²) in [6, 6.07) is 0. The van der Waals surface area contributed by atoms with Crippen molar-refractivity contribution in [3.05, 3.63) is 117 Å². The molecular formula is C56H88O4. The maximum atomic E-state index is 12.0. The first-order chi connectivity index (χ1) is 28.5. The zero-order valence-corrected chi connectivity index (χ0v) is 40.4. The van der Waals surface area contributed by atoms with Crippen molar-refractivity contribution in [2.45, 2.75) is 205 Å². The van der Waals surface area contributed by atoms with Gasteiger partial charge in [0.05, 0.1) is 0 Å². The summed E-state index contributed by atoms with van der Waals surface area (Å²) in [7, 11) is 0. The van der Waals surface area contributed by atoms with Crippen LogP contribution >= 0.6 is 0 Å². The number of hydrogen-bond acceptors (Lipinski definition) is 3. The number of carbonyl (C=O) groups is 2. The van der Waals surface area contributed by atoms with E-state index in [-0.39, 0.29) is 16.8 Å². The van der Waals surface area contributed by atoms with E-state index in [1.165, 1.54) is 143 Å². The number of carboxylic acid groups (broad SMARTS) is 1. The number of rotatable bonds is 25. The lowest BCUT2D eigenvalue weighted by atomic mass is 9.72. The molecule has 0 aromatic heterocycles. The number of hydrogen-bond donors (Lipinski definition) is 1. The molecule has 0 aromatic rings. The maximum absolute atomic E-state index is 12.0. The third-order valence-electron chi connectivity index (χ3n) is 12.0. The van der Waals surface area contributed by atoms with Crippen LogP contribution in [0, 0.1) is 10.8 Å². The topological polar surface area (TPSA) is 63.6 Å². The van der Waals surface area contributed by atoms with Gasteiger partial charge >= 0.3 is 11.9 Å². The van der Waals surface area contributed by atoms with E-state index in [1.807, 2.05) is 18.2 Å². The van der Waals surface area contributed by atoms with Crippen molar-refractivity contribution in [2.75, 3.05) is 6.61 Å². The van der Waals surface area contributed by atoms with Crippen molar-refractivity contribution < 1.29 is 19.4 Å². The fourth-order valence-electron chi connectivity index (χ4n) is 8.20. The molecule has 0 unspecified atom stereocenters. The van der Waals surface area contributed by atoms with Gasteiger partial charge in [0.25, 0.3) is 0 Å². The van der Waals surface area contributed by atoms with Gasteiger partial charge in [-0.15, -0.1) is 0 Å². The molecule has 0 aliphatic heterocycles. The van der Waals surface area contributed by atoms with Crippen LogP contribution in [0.5, 0.6) is 0 Å². The van der Waals surface area contributed by atoms with Gasteiger partial charge in [0, 0.05) is 12.5 Å². The number of ether oxygens (including phenoxy) is 1. The van der Waals surface area contributed by atoms with Crippen molar-refractivity contribution in [3.8, 4) is 0 Å². The first-order valence-electron chi connectivity index (χ1n) is 23.7. The van der Waals surface area contributed by atoms with Crippen LogP contribution < -0.4 is 0 Å². The Balaban J connectivity index is 0.000000692. The fraction of sp³-hybridized carbons (Fsp3) is 0.607. The summed E-state index contributed by atoms with van der Waals surface area (Å²) in [6.45, 7) is 24.5. The second-order valence-corrected chi connectivity index (χ2v) is 18.9. The van der Waals surface area contributed by atoms with Crippen LogP contribution in [0.1, 0.15) is 205 Å². The monoisotopic (exact) mass is 825 g/mol. The van der Waals surface area contributed by atoms with E-state index in [0.29, 0.717) is 13.0 Å². The molecule has 1 N–H and O–H groups in total. The fourth-order valence-corrected chi connectivity index (χ4v) is 8.20. The molecule has 0 radical (unpaired) electrons. The normalized spacial score (nSPS) is 18.0. The predicted molar refractivity (Wildman–Crippen MR) is 261 cm³/mol. The van der Waals surface area contributed by atoms with Gasteiger partial charge in [-0.05, 0) is 120 Å². The Labute approximate surface area is 369 Å². The molecule has 4 heteroatoms. The maximum Gasteiger partial charge on any atom is 0.328 e. The summed E-state index contributed by atoms with van der Waals surface area (Å²) in [5.74, 6) is -0.984. The van der Waals surface area contributed by atoms with Gasteiger partial charge in [0.1, 0.15) is 6.61 Å². The zero-order chi connectivity index (χ0) is 44.8. The summed E-state index contributed by atoms with van der Waals surface area (Å²) in [6.07, 6.45) is 49.3. The Kier molecular flexibility index (Phi) is 28.3. The number of allylic oxidation sites excluding steroid dienone is 18. The van der Waals surface area contributed by atoms with Gasteiger partial charge in [-0.3, -0.25) is 4.79 Å². The molecule has 2 aliphatic rings. The van der Waals surface area contributed by atoms with Crippen molar-refractivity contribution in [2.24, 2.45) is 10.8 Å². The summed E-state index contributed by atoms with van der Waals surface area (Å²) < 4.78 is 5.40. The molecule has 0 atom stereocenters. The highest BCUT2D eigenvalue weighted by molar-refractivity contribution is 5.81. The Morgan fingerprint density at radius 3 is 1.43 bits per heavy atom. The quantitative estimate of drug-likeness (QED) is 0.0431. The molecule has 2 aliphatic carbocycles. The minimum absolute atomic E-state index is 0.0720. The largest absolute Gasteiger partial charge is 0.478 e. The van der Waals surface area contributed by atoms with E-state index in [1.54, 1.807) is 13.0 Å². The lowest BCUT2D eigenvalue weighted by Gasteiger charge is -2.33. The van der Waals surface area contributed by atoms with Crippen molar-refractivity contribution in [1.82, 2.24) is 0 Å². The third kappa shape index (κ3) is 25.8. The first kappa shape index (κ1) is 54.4. The van der Waals surface area contributed by atoms with E-state index in [2.05, 4.69) is 112 Å². The van der Waals surface area contributed by atoms with E-state index < -0.39 is 5.97 Å². The van der Waals surface area contributed by atoms with E-state index in [0.717, 1.165) is 29.6 Å². The number of carboxylic acids is 1. The van der Waals surface area contributed by atoms with Crippen LogP contribution in [-0.2, 0) is 14.3 Å². The van der Waals surface area contributed by atoms with Gasteiger partial charge in [0.2, 0.25) is 0 Å². The Hall–Kier alpha value is -3.66. The molecule has 0 saturated heterocycles. The lowest BCUT2D eigenvalue weighted by molar-refractivity contribution is -0.142. The molecule has 0 fully saturated rings. The van der Waals surface area contributed by atoms with Gasteiger partial charge in [0.15, 0.2) is 0 Å². The number of carbonyl (C=O) groups excluding carboxylic acids is 1. The molecule has 0 amide bonds. The number of esters is 1. The average Bonchev–Trinajstić information content (AvgIpc) is 3.15. The molecule has 336 valence electrons. The van der Waals surface area contributed by atoms with Gasteiger partial charge in [-0.1, -0.05) is 200 Å². The molecule has 0 bridgehead atoms. The Morgan fingerprint density at radius 2 is 1.02 bits per heavy atom. The van der Waals surface area contributed by atoms with E-state index in [4.69, 9.17) is 9.84 Å². The second kappa shape index (κ2) is 31.2. The standard InChI is InChI=1S/C36H60O2.C20H28O2/c1-7-8-9-10-11-12-13-14-15-16-17-18-19-25-35(37)38-30-28-32(3)23-20-22-31(2)26-27-34-33(4)24-21-29-36(34,5)6;1-15(8-6-9-16(2)14-19(21)22)11-12-18-17(3)10-7-13-20(18,4)5/h20,22-23,26-28H,7-19,21,24-25,29-30H2,1-6H3;6,8-9,11-12,14H,7,10,13H2,1-5H3,(H,21,22)/b23-20+,27-26+,31-22+,32-28+;9-6+,12-11+,15-8+,16-14-. The van der Waals surface area contributed by atoms with Gasteiger partial charge in [-0.25, -0.2) is 4.79 Å². The first-order valence-corrected chi connectivity index (χ1v) is 23.7. The molecule has 0 heterocycles. The molecule has 0 saturated carbocycles. The van der Waals surface area contributed by atoms with Crippen LogP contribution in [0.2, 0.25) is 0 Å². The average molecular weight is 825 g/mol. The summed E-state index contributed by atoms with van der Waals surface area (Å²) in [5, 5.41) is 8.65. The highest BCUT2D eigenvalue weighted by Crippen LogP contribution is 2.41. The zero-order valence-electron chi connectivity index (χ0n) is 40.4. The summed E-state index contributed by atoms with van der Waals surface area (Å²) >= 11 is 0. The van der Waals surface area contributed by atoms with Crippen LogP contribution in [0.25, 0.3) is 0 Å². The highest BCUT2D eigenvalue weighted by atomic mass is 16.5. The Bertz CT molecular complexity index is 1610. The summed E-state index contributed by atoms with van der Waals surface area (Å²) in [4.78, 5) is 22.5. The third-order valence-corrected chi connectivity index (χ3v) is 12.0. The van der Waals surface area contributed by atoms with Crippen molar-refractivity contribution in [1.29, 1.82) is 0 Å². The van der Waals surface area contributed by atoms with Gasteiger partial charge < -0.3 is 9.84 Å². The minimum Gasteiger partial charge on any atom is -0.478 e. The highest BCUT2D eigenvalue weighted by Gasteiger charge is 2.27. The van der Waals surface area contributed by atoms with Crippen LogP contribution in [-0.4, -0.2) is 23.7 Å². The number of unbranched alkanes of at least 4 members (excludes halogenated alkanes) is 12. The van der Waals surface area contributed by atoms with Crippen LogP contribution in [0.3, 0.4) is 0 Å². The smallest absolute Gasteiger partial charge is 0.328 e. The SMILES string of the molecule is CC1=C(/C=C/C(C)=C/C=C/C(C)=C\C(=O)O)C(C)(C)CCC1.CCCCCCCCCCCCCCCC(=O)OC/C=C(C)/C=C/C=C(C)/C=C/C1=C(C)CCCC1(C)C. The van der Waals surface area contributed by atoms with E-state index in [9.17, 15) is 9.59 Å². The van der Waals surface area contributed by atoms with Crippen LogP contribution in [0.15, 0.2) is 117 Å². The minimum atomic E-state index is -0.912. The van der Waals surface area contributed by atoms with Crippen molar-refractivity contribution >= 4 is 11.9 Å². The molecule has 0 spiro atoms. The summed E-state index contributed by atoms with van der Waals surface area (Å²) in [5.41, 5.74) is 10.7.